The van der Waals surface area contributed by atoms with Gasteiger partial charge in [0, 0.05) is 27.2 Å². The fourth-order valence-corrected chi connectivity index (χ4v) is 1.67. The van der Waals surface area contributed by atoms with Gasteiger partial charge in [-0.1, -0.05) is 0 Å². The molecule has 0 unspecified atom stereocenters. The van der Waals surface area contributed by atoms with Gasteiger partial charge in [-0.15, -0.1) is 4.68 Å². The Hall–Kier alpha value is -2.36. The lowest BCUT2D eigenvalue weighted by Gasteiger charge is -2.01. The van der Waals surface area contributed by atoms with Gasteiger partial charge in [0.2, 0.25) is 0 Å². The molecule has 2 heterocycles. The molecule has 1 N–H and O–H groups in total. The lowest BCUT2D eigenvalue weighted by atomic mass is 10.3. The first-order valence-corrected chi connectivity index (χ1v) is 5.25. The predicted molar refractivity (Wildman–Crippen MR) is 60.5 cm³/mol. The Bertz CT molecular complexity index is 640. The molecule has 0 aliphatic heterocycles. The number of aromatic nitrogens is 4. The van der Waals surface area contributed by atoms with Gasteiger partial charge in [0.05, 0.1) is 0 Å². The van der Waals surface area contributed by atoms with Crippen molar-refractivity contribution in [2.24, 2.45) is 0 Å². The molecule has 0 atom stereocenters. The van der Waals surface area contributed by atoms with Gasteiger partial charge in [0.15, 0.2) is 5.69 Å². The second kappa shape index (κ2) is 4.49. The fraction of sp³-hybridized carbons (Fsp3) is 0. The number of aromatic carboxylic acids is 1. The van der Waals surface area contributed by atoms with Crippen molar-refractivity contribution in [3.8, 4) is 5.69 Å². The van der Waals surface area contributed by atoms with E-state index in [1.165, 1.54) is 18.3 Å². The molecule has 2 aromatic rings. The third-order valence-electron chi connectivity index (χ3n) is 1.94. The minimum Gasteiger partial charge on any atom is -0.476 e. The molecule has 2 rings (SSSR count). The number of rotatable bonds is 3. The Balaban J connectivity index is 2.62. The van der Waals surface area contributed by atoms with Gasteiger partial charge in [0.1, 0.15) is 5.69 Å². The summed E-state index contributed by atoms with van der Waals surface area (Å²) in [6.45, 7) is 0. The molecule has 0 saturated heterocycles. The molecule has 0 amide bonds. The van der Waals surface area contributed by atoms with Crippen molar-refractivity contribution in [1.29, 1.82) is 0 Å². The van der Waals surface area contributed by atoms with E-state index in [0.717, 1.165) is 4.68 Å². The van der Waals surface area contributed by atoms with E-state index in [9.17, 15) is 14.9 Å². The van der Waals surface area contributed by atoms with Crippen LogP contribution in [-0.2, 0) is 0 Å². The maximum atomic E-state index is 11.0. The van der Waals surface area contributed by atoms with Crippen LogP contribution in [0.1, 0.15) is 10.5 Å². The molecule has 0 aromatic carbocycles. The molecular formula is C8H4BrN5O4. The van der Waals surface area contributed by atoms with Crippen LogP contribution in [0.25, 0.3) is 5.69 Å². The van der Waals surface area contributed by atoms with Crippen molar-refractivity contribution in [2.75, 3.05) is 0 Å². The standard InChI is InChI=1S/C8H4BrN5O4/c9-7-11-8(14(17)18)12-13(7)4-2-1-3-10-5(4)6(15)16/h1-3H,(H,15,16). The van der Waals surface area contributed by atoms with Gasteiger partial charge in [-0.05, 0) is 22.0 Å². The molecule has 92 valence electrons. The van der Waals surface area contributed by atoms with Gasteiger partial charge in [0.25, 0.3) is 4.73 Å². The minimum absolute atomic E-state index is 0.0182. The minimum atomic E-state index is -1.27. The van der Waals surface area contributed by atoms with Crippen LogP contribution in [0.15, 0.2) is 23.1 Å². The van der Waals surface area contributed by atoms with Crippen molar-refractivity contribution in [3.05, 3.63) is 38.9 Å². The van der Waals surface area contributed by atoms with Crippen molar-refractivity contribution in [2.45, 2.75) is 0 Å². The maximum absolute atomic E-state index is 11.0. The van der Waals surface area contributed by atoms with E-state index in [0.29, 0.717) is 0 Å². The molecule has 0 bridgehead atoms. The molecule has 9 nitrogen and oxygen atoms in total. The summed E-state index contributed by atoms with van der Waals surface area (Å²) in [6, 6.07) is 2.90. The zero-order valence-corrected chi connectivity index (χ0v) is 10.1. The Morgan fingerprint density at radius 1 is 1.56 bits per heavy atom. The van der Waals surface area contributed by atoms with E-state index in [1.54, 1.807) is 0 Å². The number of pyridine rings is 1. The van der Waals surface area contributed by atoms with Crippen molar-refractivity contribution < 1.29 is 14.8 Å². The van der Waals surface area contributed by atoms with Gasteiger partial charge >= 0.3 is 11.9 Å². The highest BCUT2D eigenvalue weighted by Gasteiger charge is 2.24. The van der Waals surface area contributed by atoms with E-state index in [2.05, 4.69) is 31.0 Å². The molecule has 0 spiro atoms. The second-order valence-electron chi connectivity index (χ2n) is 3.03. The average molecular weight is 314 g/mol. The Morgan fingerprint density at radius 2 is 2.28 bits per heavy atom. The van der Waals surface area contributed by atoms with Crippen LogP contribution < -0.4 is 0 Å². The van der Waals surface area contributed by atoms with Crippen molar-refractivity contribution in [1.82, 2.24) is 19.7 Å². The van der Waals surface area contributed by atoms with Crippen molar-refractivity contribution >= 4 is 27.8 Å². The van der Waals surface area contributed by atoms with Gasteiger partial charge < -0.3 is 15.2 Å². The lowest BCUT2D eigenvalue weighted by Crippen LogP contribution is -2.09. The number of hydrogen-bond donors (Lipinski definition) is 1. The second-order valence-corrected chi connectivity index (χ2v) is 3.74. The molecule has 18 heavy (non-hydrogen) atoms. The predicted octanol–water partition coefficient (Wildman–Crippen LogP) is 1.03. The van der Waals surface area contributed by atoms with Crippen LogP contribution in [-0.4, -0.2) is 35.7 Å². The summed E-state index contributed by atoms with van der Waals surface area (Å²) in [7, 11) is 0. The third kappa shape index (κ3) is 2.05. The summed E-state index contributed by atoms with van der Waals surface area (Å²) < 4.78 is 1.01. The summed E-state index contributed by atoms with van der Waals surface area (Å²) in [5, 5.41) is 23.1. The first-order chi connectivity index (χ1) is 8.50. The van der Waals surface area contributed by atoms with Crippen LogP contribution in [0, 0.1) is 10.1 Å². The number of carboxylic acids is 1. The normalized spacial score (nSPS) is 10.3. The number of hydrogen-bond acceptors (Lipinski definition) is 6. The number of carboxylic acid groups (broad SMARTS) is 1. The zero-order chi connectivity index (χ0) is 13.3. The summed E-state index contributed by atoms with van der Waals surface area (Å²) in [5.74, 6) is -1.90. The molecule has 0 aliphatic rings. The Morgan fingerprint density at radius 3 is 2.83 bits per heavy atom. The van der Waals surface area contributed by atoms with Crippen molar-refractivity contribution in [3.63, 3.8) is 0 Å². The summed E-state index contributed by atoms with van der Waals surface area (Å²) in [6.07, 6.45) is 1.30. The lowest BCUT2D eigenvalue weighted by molar-refractivity contribution is -0.394. The van der Waals surface area contributed by atoms with E-state index < -0.39 is 16.8 Å². The largest absolute Gasteiger partial charge is 0.492 e. The van der Waals surface area contributed by atoms with Crippen LogP contribution in [0.4, 0.5) is 5.95 Å². The highest BCUT2D eigenvalue weighted by molar-refractivity contribution is 9.10. The van der Waals surface area contributed by atoms with Crippen LogP contribution in [0.3, 0.4) is 0 Å². The first kappa shape index (κ1) is 12.1. The van der Waals surface area contributed by atoms with E-state index >= 15 is 0 Å². The zero-order valence-electron chi connectivity index (χ0n) is 8.52. The third-order valence-corrected chi connectivity index (χ3v) is 2.45. The summed E-state index contributed by atoms with van der Waals surface area (Å²) in [5.41, 5.74) is -0.199. The number of carbonyl (C=O) groups is 1. The molecule has 0 saturated carbocycles. The topological polar surface area (TPSA) is 124 Å². The molecule has 0 fully saturated rings. The number of halogens is 1. The molecular weight excluding hydrogens is 310 g/mol. The highest BCUT2D eigenvalue weighted by atomic mass is 79.9. The van der Waals surface area contributed by atoms with E-state index in [-0.39, 0.29) is 16.1 Å². The average Bonchev–Trinajstić information content (AvgIpc) is 2.71. The summed E-state index contributed by atoms with van der Waals surface area (Å²) in [4.78, 5) is 27.9. The maximum Gasteiger partial charge on any atom is 0.492 e. The van der Waals surface area contributed by atoms with Crippen LogP contribution in [0.5, 0.6) is 0 Å². The highest BCUT2D eigenvalue weighted by Crippen LogP contribution is 2.19. The first-order valence-electron chi connectivity index (χ1n) is 4.46. The van der Waals surface area contributed by atoms with Gasteiger partial charge in [-0.25, -0.2) is 9.78 Å². The number of nitro groups is 1. The molecule has 0 radical (unpaired) electrons. The smallest absolute Gasteiger partial charge is 0.476 e. The Kier molecular flexibility index (Phi) is 3.02. The monoisotopic (exact) mass is 313 g/mol. The van der Waals surface area contributed by atoms with E-state index in [4.69, 9.17) is 5.11 Å². The molecule has 0 aliphatic carbocycles. The Labute approximate surface area is 107 Å². The van der Waals surface area contributed by atoms with Crippen LogP contribution >= 0.6 is 15.9 Å². The molecule has 10 heteroatoms. The van der Waals surface area contributed by atoms with E-state index in [1.807, 2.05) is 0 Å². The number of nitrogens with zero attached hydrogens (tertiary/aromatic N) is 5. The fourth-order valence-electron chi connectivity index (χ4n) is 1.25. The van der Waals surface area contributed by atoms with Gasteiger partial charge in [-0.2, -0.15) is 0 Å². The van der Waals surface area contributed by atoms with Crippen LogP contribution in [0.2, 0.25) is 0 Å². The quantitative estimate of drug-likeness (QED) is 0.662. The SMILES string of the molecule is O=C(O)c1ncccc1-n1nc([N+](=O)[O-])nc1Br. The van der Waals surface area contributed by atoms with Gasteiger partial charge in [-0.3, -0.25) is 0 Å². The summed E-state index contributed by atoms with van der Waals surface area (Å²) >= 11 is 2.97. The molecule has 2 aromatic heterocycles.